The van der Waals surface area contributed by atoms with Crippen LogP contribution < -0.4 is 20.1 Å². The highest BCUT2D eigenvalue weighted by Gasteiger charge is 2.47. The number of methoxy groups -OCH3 is 2. The molecule has 2 atom stereocenters. The van der Waals surface area contributed by atoms with Crippen molar-refractivity contribution in [2.75, 3.05) is 19.5 Å². The summed E-state index contributed by atoms with van der Waals surface area (Å²) in [7, 11) is 3.15. The molecule has 0 radical (unpaired) electrons. The van der Waals surface area contributed by atoms with Crippen molar-refractivity contribution in [3.63, 3.8) is 0 Å². The van der Waals surface area contributed by atoms with Gasteiger partial charge >= 0.3 is 0 Å². The van der Waals surface area contributed by atoms with Crippen molar-refractivity contribution in [1.29, 1.82) is 0 Å². The van der Waals surface area contributed by atoms with Gasteiger partial charge in [-0.1, -0.05) is 32.0 Å². The van der Waals surface area contributed by atoms with Crippen molar-refractivity contribution < 1.29 is 19.1 Å². The molecular weight excluding hydrogens is 368 g/mol. The number of anilines is 1. The summed E-state index contributed by atoms with van der Waals surface area (Å²) in [5.74, 6) is 0.954. The number of carbonyl (C=O) groups excluding carboxylic acids is 2. The molecule has 2 unspecified atom stereocenters. The molecular formula is C23H28N2O4. The van der Waals surface area contributed by atoms with Crippen LogP contribution >= 0.6 is 0 Å². The highest BCUT2D eigenvalue weighted by molar-refractivity contribution is 5.99. The summed E-state index contributed by atoms with van der Waals surface area (Å²) < 4.78 is 10.5. The molecule has 0 spiro atoms. The summed E-state index contributed by atoms with van der Waals surface area (Å²) in [4.78, 5) is 24.8. The van der Waals surface area contributed by atoms with Crippen molar-refractivity contribution in [1.82, 2.24) is 5.32 Å². The molecule has 0 bridgehead atoms. The Morgan fingerprint density at radius 1 is 0.966 bits per heavy atom. The molecule has 1 fully saturated rings. The number of amides is 2. The van der Waals surface area contributed by atoms with Gasteiger partial charge in [0.05, 0.1) is 26.1 Å². The predicted molar refractivity (Wildman–Crippen MR) is 112 cm³/mol. The zero-order chi connectivity index (χ0) is 21.0. The van der Waals surface area contributed by atoms with Gasteiger partial charge < -0.3 is 20.1 Å². The third kappa shape index (κ3) is 5.08. The molecule has 2 N–H and O–H groups in total. The summed E-state index contributed by atoms with van der Waals surface area (Å²) in [5, 5.41) is 5.81. The number of ether oxygens (including phenoxy) is 2. The Balaban J connectivity index is 1.49. The minimum absolute atomic E-state index is 0.102. The molecule has 0 heterocycles. The summed E-state index contributed by atoms with van der Waals surface area (Å²) in [6.45, 7) is 4.63. The first kappa shape index (κ1) is 20.7. The van der Waals surface area contributed by atoms with Gasteiger partial charge in [-0.3, -0.25) is 9.59 Å². The first-order valence-corrected chi connectivity index (χ1v) is 9.82. The summed E-state index contributed by atoms with van der Waals surface area (Å²) in [5.41, 5.74) is 2.89. The second-order valence-electron chi connectivity index (χ2n) is 7.62. The zero-order valence-corrected chi connectivity index (χ0v) is 17.3. The molecule has 0 aromatic heterocycles. The minimum Gasteiger partial charge on any atom is -0.493 e. The summed E-state index contributed by atoms with van der Waals surface area (Å²) in [6, 6.07) is 13.3. The van der Waals surface area contributed by atoms with E-state index in [0.29, 0.717) is 30.4 Å². The third-order valence-electron chi connectivity index (χ3n) is 5.22. The number of hydrogen-bond donors (Lipinski definition) is 2. The Kier molecular flexibility index (Phi) is 6.42. The summed E-state index contributed by atoms with van der Waals surface area (Å²) in [6.07, 6.45) is 0.577. The molecule has 0 saturated heterocycles. The van der Waals surface area contributed by atoms with Gasteiger partial charge in [-0.25, -0.2) is 0 Å². The van der Waals surface area contributed by atoms with Crippen molar-refractivity contribution in [3.05, 3.63) is 53.6 Å². The maximum Gasteiger partial charge on any atom is 0.228 e. The molecule has 1 saturated carbocycles. The van der Waals surface area contributed by atoms with Gasteiger partial charge in [0.15, 0.2) is 11.5 Å². The van der Waals surface area contributed by atoms with E-state index in [9.17, 15) is 9.59 Å². The fraction of sp³-hybridized carbons (Fsp3) is 0.391. The highest BCUT2D eigenvalue weighted by atomic mass is 16.5. The Morgan fingerprint density at radius 3 is 2.24 bits per heavy atom. The Morgan fingerprint density at radius 2 is 1.62 bits per heavy atom. The lowest BCUT2D eigenvalue weighted by atomic mass is 10.0. The second-order valence-corrected chi connectivity index (χ2v) is 7.62. The Hall–Kier alpha value is -3.02. The first-order valence-electron chi connectivity index (χ1n) is 9.82. The molecule has 1 aliphatic rings. The summed E-state index contributed by atoms with van der Waals surface area (Å²) >= 11 is 0. The molecule has 2 aromatic rings. The molecule has 0 aliphatic heterocycles. The van der Waals surface area contributed by atoms with E-state index in [0.717, 1.165) is 11.3 Å². The van der Waals surface area contributed by atoms with Crippen molar-refractivity contribution in [2.45, 2.75) is 32.7 Å². The maximum atomic E-state index is 12.4. The number of benzene rings is 2. The Bertz CT molecular complexity index is 877. The molecule has 3 rings (SSSR count). The number of rotatable bonds is 8. The SMILES string of the molecule is COc1ccc(CNC(=O)C2CC2C(=O)Nc2ccc(C(C)C)cc2)cc1OC. The van der Waals surface area contributed by atoms with Crippen LogP contribution in [-0.4, -0.2) is 26.0 Å². The average molecular weight is 396 g/mol. The highest BCUT2D eigenvalue weighted by Crippen LogP contribution is 2.39. The molecule has 2 aromatic carbocycles. The standard InChI is InChI=1S/C23H28N2O4/c1-14(2)16-6-8-17(9-7-16)25-23(27)19-12-18(19)22(26)24-13-15-5-10-20(28-3)21(11-15)29-4/h5-11,14,18-19H,12-13H2,1-4H3,(H,24,26)(H,25,27). The Labute approximate surface area is 171 Å². The quantitative estimate of drug-likeness (QED) is 0.713. The van der Waals surface area contributed by atoms with E-state index in [1.807, 2.05) is 36.4 Å². The topological polar surface area (TPSA) is 76.7 Å². The van der Waals surface area contributed by atoms with Gasteiger partial charge in [-0.05, 0) is 47.7 Å². The van der Waals surface area contributed by atoms with Crippen LogP contribution in [0.25, 0.3) is 0 Å². The molecule has 2 amide bonds. The predicted octanol–water partition coefficient (Wildman–Crippen LogP) is 3.72. The normalized spacial score (nSPS) is 17.6. The van der Waals surface area contributed by atoms with Crippen LogP contribution in [0.4, 0.5) is 5.69 Å². The zero-order valence-electron chi connectivity index (χ0n) is 17.3. The van der Waals surface area contributed by atoms with Crippen molar-refractivity contribution >= 4 is 17.5 Å². The fourth-order valence-corrected chi connectivity index (χ4v) is 3.27. The van der Waals surface area contributed by atoms with E-state index in [-0.39, 0.29) is 23.7 Å². The number of nitrogens with one attached hydrogen (secondary N) is 2. The lowest BCUT2D eigenvalue weighted by molar-refractivity contribution is -0.125. The van der Waals surface area contributed by atoms with Gasteiger partial charge in [0.2, 0.25) is 11.8 Å². The molecule has 6 nitrogen and oxygen atoms in total. The average Bonchev–Trinajstić information content (AvgIpc) is 3.53. The fourth-order valence-electron chi connectivity index (χ4n) is 3.27. The van der Waals surface area contributed by atoms with Crippen LogP contribution in [-0.2, 0) is 16.1 Å². The van der Waals surface area contributed by atoms with E-state index in [1.54, 1.807) is 20.3 Å². The van der Waals surface area contributed by atoms with Crippen molar-refractivity contribution in [3.8, 4) is 11.5 Å². The third-order valence-corrected chi connectivity index (χ3v) is 5.22. The smallest absolute Gasteiger partial charge is 0.228 e. The van der Waals surface area contributed by atoms with Crippen LogP contribution in [0.2, 0.25) is 0 Å². The van der Waals surface area contributed by atoms with E-state index in [4.69, 9.17) is 9.47 Å². The minimum atomic E-state index is -0.273. The van der Waals surface area contributed by atoms with Crippen LogP contribution in [0.3, 0.4) is 0 Å². The van der Waals surface area contributed by atoms with Gasteiger partial charge in [0, 0.05) is 12.2 Å². The van der Waals surface area contributed by atoms with Crippen LogP contribution in [0.15, 0.2) is 42.5 Å². The van der Waals surface area contributed by atoms with Crippen LogP contribution in [0.5, 0.6) is 11.5 Å². The van der Waals surface area contributed by atoms with Gasteiger partial charge in [-0.15, -0.1) is 0 Å². The molecule has 6 heteroatoms. The van der Waals surface area contributed by atoms with Gasteiger partial charge in [-0.2, -0.15) is 0 Å². The van der Waals surface area contributed by atoms with Gasteiger partial charge in [0.1, 0.15) is 0 Å². The van der Waals surface area contributed by atoms with Crippen LogP contribution in [0.1, 0.15) is 37.3 Å². The lowest BCUT2D eigenvalue weighted by Gasteiger charge is -2.10. The molecule has 1 aliphatic carbocycles. The molecule has 29 heavy (non-hydrogen) atoms. The van der Waals surface area contributed by atoms with E-state index in [1.165, 1.54) is 5.56 Å². The van der Waals surface area contributed by atoms with Crippen molar-refractivity contribution in [2.24, 2.45) is 11.8 Å². The lowest BCUT2D eigenvalue weighted by Crippen LogP contribution is -2.27. The maximum absolute atomic E-state index is 12.4. The largest absolute Gasteiger partial charge is 0.493 e. The monoisotopic (exact) mass is 396 g/mol. The first-order chi connectivity index (χ1) is 13.9. The van der Waals surface area contributed by atoms with Gasteiger partial charge in [0.25, 0.3) is 0 Å². The molecule has 154 valence electrons. The number of carbonyl (C=O) groups is 2. The van der Waals surface area contributed by atoms with E-state index >= 15 is 0 Å². The van der Waals surface area contributed by atoms with E-state index < -0.39 is 0 Å². The van der Waals surface area contributed by atoms with Crippen LogP contribution in [0, 0.1) is 11.8 Å². The number of hydrogen-bond acceptors (Lipinski definition) is 4. The second kappa shape index (κ2) is 8.99. The van der Waals surface area contributed by atoms with E-state index in [2.05, 4.69) is 24.5 Å².